The molecule has 20 heavy (non-hydrogen) atoms. The Morgan fingerprint density at radius 2 is 1.00 bits per heavy atom. The van der Waals surface area contributed by atoms with Crippen LogP contribution >= 0.6 is 0 Å². The van der Waals surface area contributed by atoms with Crippen molar-refractivity contribution in [1.82, 2.24) is 0 Å². The van der Waals surface area contributed by atoms with Crippen LogP contribution in [-0.2, 0) is 0 Å². The van der Waals surface area contributed by atoms with Gasteiger partial charge in [0.15, 0.2) is 0 Å². The summed E-state index contributed by atoms with van der Waals surface area (Å²) in [5.74, 6) is 3.77. The fourth-order valence-corrected chi connectivity index (χ4v) is 3.14. The van der Waals surface area contributed by atoms with Gasteiger partial charge in [-0.25, -0.2) is 0 Å². The van der Waals surface area contributed by atoms with E-state index in [9.17, 15) is 0 Å². The van der Waals surface area contributed by atoms with Crippen molar-refractivity contribution in [3.8, 4) is 11.5 Å². The van der Waals surface area contributed by atoms with Crippen molar-refractivity contribution in [2.75, 3.05) is 14.2 Å². The maximum atomic E-state index is 5.22. The molecule has 1 saturated carbocycles. The van der Waals surface area contributed by atoms with Crippen molar-refractivity contribution in [1.29, 1.82) is 0 Å². The number of hydrogen-bond donors (Lipinski definition) is 0. The zero-order chi connectivity index (χ0) is 14.1. The van der Waals surface area contributed by atoms with Crippen LogP contribution < -0.4 is 9.47 Å². The number of hydrogen-bond acceptors (Lipinski definition) is 2. The molecule has 0 bridgehead atoms. The second-order valence-corrected chi connectivity index (χ2v) is 5.46. The Morgan fingerprint density at radius 3 is 1.30 bits per heavy atom. The highest BCUT2D eigenvalue weighted by molar-refractivity contribution is 5.42. The molecule has 2 aromatic carbocycles. The van der Waals surface area contributed by atoms with Gasteiger partial charge in [-0.1, -0.05) is 31.2 Å². The molecule has 0 aromatic heterocycles. The predicted molar refractivity (Wildman–Crippen MR) is 80.6 cm³/mol. The number of methoxy groups -OCH3 is 2. The Bertz CT molecular complexity index is 518. The molecule has 0 N–H and O–H groups in total. The lowest BCUT2D eigenvalue weighted by molar-refractivity contribution is 0.414. The lowest BCUT2D eigenvalue weighted by atomic mass is 10.0. The van der Waals surface area contributed by atoms with Gasteiger partial charge in [-0.15, -0.1) is 0 Å². The first kappa shape index (κ1) is 13.0. The van der Waals surface area contributed by atoms with E-state index in [2.05, 4.69) is 31.2 Å². The van der Waals surface area contributed by atoms with Gasteiger partial charge in [-0.3, -0.25) is 0 Å². The summed E-state index contributed by atoms with van der Waals surface area (Å²) in [5.41, 5.74) is 2.80. The van der Waals surface area contributed by atoms with E-state index in [1.165, 1.54) is 11.1 Å². The third kappa shape index (κ3) is 2.26. The minimum Gasteiger partial charge on any atom is -0.497 e. The fourth-order valence-electron chi connectivity index (χ4n) is 3.14. The molecular formula is C18H20O2. The highest BCUT2D eigenvalue weighted by Crippen LogP contribution is 2.60. The maximum absolute atomic E-state index is 5.22. The molecule has 1 fully saturated rings. The summed E-state index contributed by atoms with van der Waals surface area (Å²) in [4.78, 5) is 0. The summed E-state index contributed by atoms with van der Waals surface area (Å²) < 4.78 is 10.4. The van der Waals surface area contributed by atoms with E-state index in [0.717, 1.165) is 11.5 Å². The molecule has 0 aliphatic heterocycles. The first-order valence-corrected chi connectivity index (χ1v) is 7.02. The summed E-state index contributed by atoms with van der Waals surface area (Å²) in [5, 5.41) is 0. The Morgan fingerprint density at radius 1 is 0.650 bits per heavy atom. The molecule has 0 amide bonds. The van der Waals surface area contributed by atoms with Crippen LogP contribution in [0.4, 0.5) is 0 Å². The van der Waals surface area contributed by atoms with Gasteiger partial charge in [0.25, 0.3) is 0 Å². The highest BCUT2D eigenvalue weighted by Gasteiger charge is 2.48. The molecular weight excluding hydrogens is 248 g/mol. The van der Waals surface area contributed by atoms with Crippen LogP contribution in [0.25, 0.3) is 0 Å². The first-order valence-electron chi connectivity index (χ1n) is 7.02. The Labute approximate surface area is 120 Å². The zero-order valence-electron chi connectivity index (χ0n) is 12.2. The third-order valence-corrected chi connectivity index (χ3v) is 4.38. The molecule has 0 unspecified atom stereocenters. The monoisotopic (exact) mass is 268 g/mol. The van der Waals surface area contributed by atoms with E-state index in [4.69, 9.17) is 9.47 Å². The van der Waals surface area contributed by atoms with Gasteiger partial charge in [0, 0.05) is 0 Å². The molecule has 1 aliphatic carbocycles. The van der Waals surface area contributed by atoms with Crippen LogP contribution in [0.3, 0.4) is 0 Å². The first-order chi connectivity index (χ1) is 9.74. The largest absolute Gasteiger partial charge is 0.497 e. The van der Waals surface area contributed by atoms with Crippen LogP contribution in [-0.4, -0.2) is 14.2 Å². The van der Waals surface area contributed by atoms with Gasteiger partial charge in [0.1, 0.15) is 11.5 Å². The quantitative estimate of drug-likeness (QED) is 0.826. The van der Waals surface area contributed by atoms with E-state index in [1.807, 2.05) is 24.3 Å². The maximum Gasteiger partial charge on any atom is 0.118 e. The van der Waals surface area contributed by atoms with Crippen molar-refractivity contribution >= 4 is 0 Å². The average molecular weight is 268 g/mol. The lowest BCUT2D eigenvalue weighted by Gasteiger charge is -2.04. The summed E-state index contributed by atoms with van der Waals surface area (Å²) in [6.45, 7) is 2.32. The van der Waals surface area contributed by atoms with E-state index in [1.54, 1.807) is 14.2 Å². The normalized spacial score (nSPS) is 24.2. The topological polar surface area (TPSA) is 18.5 Å². The van der Waals surface area contributed by atoms with E-state index in [-0.39, 0.29) is 0 Å². The standard InChI is InChI=1S/C18H20O2/c1-12-17(13-4-8-15(19-2)9-5-13)18(12)14-6-10-16(20-3)11-7-14/h4-12,17-18H,1-3H3/t17-,18-/m0/s1. The summed E-state index contributed by atoms with van der Waals surface area (Å²) in [6.07, 6.45) is 0. The molecule has 104 valence electrons. The number of rotatable bonds is 4. The molecule has 0 heterocycles. The van der Waals surface area contributed by atoms with Crippen molar-refractivity contribution in [2.24, 2.45) is 5.92 Å². The minimum absolute atomic E-state index is 0.620. The third-order valence-electron chi connectivity index (χ3n) is 4.38. The van der Waals surface area contributed by atoms with Gasteiger partial charge < -0.3 is 9.47 Å². The lowest BCUT2D eigenvalue weighted by Crippen LogP contribution is -1.87. The van der Waals surface area contributed by atoms with Crippen LogP contribution in [0.2, 0.25) is 0 Å². The molecule has 2 heteroatoms. The fraction of sp³-hybridized carbons (Fsp3) is 0.333. The van der Waals surface area contributed by atoms with E-state index in [0.29, 0.717) is 17.8 Å². The van der Waals surface area contributed by atoms with Crippen LogP contribution in [0, 0.1) is 5.92 Å². The van der Waals surface area contributed by atoms with Crippen molar-refractivity contribution in [3.63, 3.8) is 0 Å². The minimum atomic E-state index is 0.620. The predicted octanol–water partition coefficient (Wildman–Crippen LogP) is 4.22. The van der Waals surface area contributed by atoms with Gasteiger partial charge in [-0.2, -0.15) is 0 Å². The Balaban J connectivity index is 1.78. The van der Waals surface area contributed by atoms with Crippen molar-refractivity contribution < 1.29 is 9.47 Å². The summed E-state index contributed by atoms with van der Waals surface area (Å²) in [6, 6.07) is 16.9. The molecule has 3 rings (SSSR count). The van der Waals surface area contributed by atoms with Crippen LogP contribution in [0.15, 0.2) is 48.5 Å². The van der Waals surface area contributed by atoms with E-state index >= 15 is 0 Å². The van der Waals surface area contributed by atoms with Gasteiger partial charge in [0.05, 0.1) is 14.2 Å². The average Bonchev–Trinajstić information content (AvgIpc) is 3.18. The van der Waals surface area contributed by atoms with Crippen molar-refractivity contribution in [2.45, 2.75) is 18.8 Å². The molecule has 0 radical (unpaired) electrons. The molecule has 2 aromatic rings. The Kier molecular flexibility index (Phi) is 3.39. The smallest absolute Gasteiger partial charge is 0.118 e. The summed E-state index contributed by atoms with van der Waals surface area (Å²) in [7, 11) is 3.41. The van der Waals surface area contributed by atoms with Crippen LogP contribution in [0.1, 0.15) is 29.9 Å². The molecule has 0 spiro atoms. The molecule has 1 aliphatic rings. The number of benzene rings is 2. The molecule has 2 atom stereocenters. The molecule has 2 nitrogen and oxygen atoms in total. The number of ether oxygens (including phenoxy) is 2. The second-order valence-electron chi connectivity index (χ2n) is 5.46. The molecule has 0 saturated heterocycles. The van der Waals surface area contributed by atoms with Gasteiger partial charge in [0.2, 0.25) is 0 Å². The van der Waals surface area contributed by atoms with E-state index < -0.39 is 0 Å². The summed E-state index contributed by atoms with van der Waals surface area (Å²) >= 11 is 0. The zero-order valence-corrected chi connectivity index (χ0v) is 12.2. The highest BCUT2D eigenvalue weighted by atomic mass is 16.5. The second kappa shape index (κ2) is 5.20. The Hall–Kier alpha value is -1.96. The van der Waals surface area contributed by atoms with Crippen molar-refractivity contribution in [3.05, 3.63) is 59.7 Å². The van der Waals surface area contributed by atoms with Gasteiger partial charge in [-0.05, 0) is 53.1 Å². The SMILES string of the molecule is COc1ccc([C@@H]2C(C)[C@H]2c2ccc(OC)cc2)cc1. The van der Waals surface area contributed by atoms with Crippen LogP contribution in [0.5, 0.6) is 11.5 Å². The van der Waals surface area contributed by atoms with Gasteiger partial charge >= 0.3 is 0 Å².